The maximum Gasteiger partial charge on any atom is 0.418 e. The molecule has 1 aromatic carbocycles. The number of nitrogens with two attached hydrogens (primary N) is 1. The molecule has 6 heteroatoms. The van der Waals surface area contributed by atoms with Gasteiger partial charge in [0.2, 0.25) is 0 Å². The summed E-state index contributed by atoms with van der Waals surface area (Å²) < 4.78 is 37.8. The summed E-state index contributed by atoms with van der Waals surface area (Å²) in [4.78, 5) is 0. The summed E-state index contributed by atoms with van der Waals surface area (Å²) in [7, 11) is 0. The number of benzene rings is 1. The van der Waals surface area contributed by atoms with E-state index in [9.17, 15) is 13.2 Å². The van der Waals surface area contributed by atoms with Crippen LogP contribution in [0.2, 0.25) is 0 Å². The molecule has 0 radical (unpaired) electrons. The molecule has 0 fully saturated rings. The van der Waals surface area contributed by atoms with Gasteiger partial charge in [-0.25, -0.2) is 0 Å². The van der Waals surface area contributed by atoms with E-state index in [2.05, 4.69) is 10.2 Å². The molecule has 0 aliphatic heterocycles. The van der Waals surface area contributed by atoms with Crippen molar-refractivity contribution in [2.75, 3.05) is 5.73 Å². The first kappa shape index (κ1) is 11.5. The number of aromatic nitrogens is 2. The molecule has 17 heavy (non-hydrogen) atoms. The Kier molecular flexibility index (Phi) is 2.79. The molecular weight excluding hydrogens is 231 g/mol. The SMILES string of the molecule is Nc1c(Cc2cn[nH]c2)cccc1C(F)(F)F. The van der Waals surface area contributed by atoms with Crippen LogP contribution < -0.4 is 5.73 Å². The average molecular weight is 241 g/mol. The Labute approximate surface area is 95.5 Å². The number of halogens is 3. The van der Waals surface area contributed by atoms with E-state index in [0.717, 1.165) is 11.6 Å². The van der Waals surface area contributed by atoms with E-state index in [0.29, 0.717) is 12.0 Å². The van der Waals surface area contributed by atoms with Crippen LogP contribution in [-0.2, 0) is 12.6 Å². The van der Waals surface area contributed by atoms with E-state index >= 15 is 0 Å². The van der Waals surface area contributed by atoms with E-state index in [1.54, 1.807) is 18.5 Å². The second-order valence-corrected chi connectivity index (χ2v) is 3.66. The average Bonchev–Trinajstić information content (AvgIpc) is 2.72. The molecule has 2 aromatic rings. The summed E-state index contributed by atoms with van der Waals surface area (Å²) in [5.74, 6) is 0. The van der Waals surface area contributed by atoms with Gasteiger partial charge >= 0.3 is 6.18 Å². The zero-order valence-corrected chi connectivity index (χ0v) is 8.75. The lowest BCUT2D eigenvalue weighted by Gasteiger charge is -2.12. The number of alkyl halides is 3. The van der Waals surface area contributed by atoms with E-state index in [4.69, 9.17) is 5.73 Å². The van der Waals surface area contributed by atoms with E-state index < -0.39 is 11.7 Å². The Morgan fingerprint density at radius 3 is 2.65 bits per heavy atom. The molecule has 0 saturated heterocycles. The maximum atomic E-state index is 12.6. The molecule has 3 nitrogen and oxygen atoms in total. The minimum atomic E-state index is -4.42. The van der Waals surface area contributed by atoms with Gasteiger partial charge in [0.1, 0.15) is 0 Å². The van der Waals surface area contributed by atoms with Gasteiger partial charge in [-0.1, -0.05) is 12.1 Å². The van der Waals surface area contributed by atoms with Gasteiger partial charge in [0.15, 0.2) is 0 Å². The van der Waals surface area contributed by atoms with Crippen LogP contribution in [0.3, 0.4) is 0 Å². The van der Waals surface area contributed by atoms with Crippen molar-refractivity contribution in [3.05, 3.63) is 47.3 Å². The monoisotopic (exact) mass is 241 g/mol. The summed E-state index contributed by atoms with van der Waals surface area (Å²) >= 11 is 0. The van der Waals surface area contributed by atoms with Crippen molar-refractivity contribution in [3.63, 3.8) is 0 Å². The lowest BCUT2D eigenvalue weighted by atomic mass is 10.0. The van der Waals surface area contributed by atoms with Crippen molar-refractivity contribution in [2.24, 2.45) is 0 Å². The minimum Gasteiger partial charge on any atom is -0.398 e. The third-order valence-electron chi connectivity index (χ3n) is 2.45. The van der Waals surface area contributed by atoms with Crippen molar-refractivity contribution < 1.29 is 13.2 Å². The molecule has 0 amide bonds. The fourth-order valence-electron chi connectivity index (χ4n) is 1.61. The largest absolute Gasteiger partial charge is 0.418 e. The standard InChI is InChI=1S/C11H10F3N3/c12-11(13,14)9-3-1-2-8(10(9)15)4-7-5-16-17-6-7/h1-3,5-6H,4,15H2,(H,16,17). The van der Waals surface area contributed by atoms with Crippen LogP contribution in [-0.4, -0.2) is 10.2 Å². The number of nitrogen functional groups attached to an aromatic ring is 1. The zero-order chi connectivity index (χ0) is 12.5. The normalized spacial score (nSPS) is 11.7. The summed E-state index contributed by atoms with van der Waals surface area (Å²) in [5.41, 5.74) is 5.75. The number of anilines is 1. The van der Waals surface area contributed by atoms with Crippen LogP contribution in [0.5, 0.6) is 0 Å². The van der Waals surface area contributed by atoms with Crippen molar-refractivity contribution in [1.82, 2.24) is 10.2 Å². The second-order valence-electron chi connectivity index (χ2n) is 3.66. The maximum absolute atomic E-state index is 12.6. The highest BCUT2D eigenvalue weighted by atomic mass is 19.4. The van der Waals surface area contributed by atoms with Gasteiger partial charge in [-0.2, -0.15) is 18.3 Å². The number of para-hydroxylation sites is 1. The van der Waals surface area contributed by atoms with Crippen molar-refractivity contribution in [3.8, 4) is 0 Å². The Hall–Kier alpha value is -1.98. The molecule has 0 saturated carbocycles. The highest BCUT2D eigenvalue weighted by Crippen LogP contribution is 2.35. The third-order valence-corrected chi connectivity index (χ3v) is 2.45. The van der Waals surface area contributed by atoms with Crippen LogP contribution in [0.15, 0.2) is 30.6 Å². The van der Waals surface area contributed by atoms with E-state index in [-0.39, 0.29) is 5.69 Å². The number of hydrogen-bond acceptors (Lipinski definition) is 2. The number of rotatable bonds is 2. The molecule has 0 unspecified atom stereocenters. The van der Waals surface area contributed by atoms with Crippen LogP contribution in [0.4, 0.5) is 18.9 Å². The van der Waals surface area contributed by atoms with Gasteiger partial charge < -0.3 is 5.73 Å². The quantitative estimate of drug-likeness (QED) is 0.794. The highest BCUT2D eigenvalue weighted by molar-refractivity contribution is 5.56. The minimum absolute atomic E-state index is 0.221. The number of H-pyrrole nitrogens is 1. The van der Waals surface area contributed by atoms with Gasteiger partial charge in [-0.05, 0) is 17.2 Å². The summed E-state index contributed by atoms with van der Waals surface area (Å²) in [6, 6.07) is 3.92. The second kappa shape index (κ2) is 4.12. The first-order valence-corrected chi connectivity index (χ1v) is 4.90. The molecule has 0 atom stereocenters. The predicted molar refractivity (Wildman–Crippen MR) is 57.3 cm³/mol. The van der Waals surface area contributed by atoms with Gasteiger partial charge in [0.05, 0.1) is 11.8 Å². The molecular formula is C11H10F3N3. The molecule has 90 valence electrons. The van der Waals surface area contributed by atoms with Crippen LogP contribution >= 0.6 is 0 Å². The molecule has 3 N–H and O–H groups in total. The number of hydrogen-bond donors (Lipinski definition) is 2. The van der Waals surface area contributed by atoms with Crippen LogP contribution in [0.25, 0.3) is 0 Å². The number of nitrogens with zero attached hydrogens (tertiary/aromatic N) is 1. The predicted octanol–water partition coefficient (Wildman–Crippen LogP) is 2.60. The molecule has 0 aliphatic carbocycles. The highest BCUT2D eigenvalue weighted by Gasteiger charge is 2.33. The summed E-state index contributed by atoms with van der Waals surface area (Å²) in [6.07, 6.45) is -0.915. The number of nitrogens with one attached hydrogen (secondary N) is 1. The fraction of sp³-hybridized carbons (Fsp3) is 0.182. The fourth-order valence-corrected chi connectivity index (χ4v) is 1.61. The lowest BCUT2D eigenvalue weighted by molar-refractivity contribution is -0.136. The first-order valence-electron chi connectivity index (χ1n) is 4.90. The van der Waals surface area contributed by atoms with Crippen LogP contribution in [0, 0.1) is 0 Å². The smallest absolute Gasteiger partial charge is 0.398 e. The van der Waals surface area contributed by atoms with Crippen molar-refractivity contribution in [1.29, 1.82) is 0 Å². The van der Waals surface area contributed by atoms with Crippen molar-refractivity contribution >= 4 is 5.69 Å². The molecule has 2 rings (SSSR count). The molecule has 0 bridgehead atoms. The Bertz CT molecular complexity index is 503. The van der Waals surface area contributed by atoms with E-state index in [1.165, 1.54) is 6.07 Å². The summed E-state index contributed by atoms with van der Waals surface area (Å²) in [5, 5.41) is 6.33. The van der Waals surface area contributed by atoms with Gasteiger partial charge in [-0.15, -0.1) is 0 Å². The van der Waals surface area contributed by atoms with Crippen LogP contribution in [0.1, 0.15) is 16.7 Å². The Morgan fingerprint density at radius 1 is 1.29 bits per heavy atom. The van der Waals surface area contributed by atoms with Gasteiger partial charge in [-0.3, -0.25) is 5.10 Å². The number of aromatic amines is 1. The lowest BCUT2D eigenvalue weighted by Crippen LogP contribution is -2.10. The summed E-state index contributed by atoms with van der Waals surface area (Å²) in [6.45, 7) is 0. The van der Waals surface area contributed by atoms with E-state index in [1.807, 2.05) is 0 Å². The molecule has 1 heterocycles. The molecule has 0 aliphatic rings. The molecule has 0 spiro atoms. The molecule has 1 aromatic heterocycles. The van der Waals surface area contributed by atoms with Crippen molar-refractivity contribution in [2.45, 2.75) is 12.6 Å². The third kappa shape index (κ3) is 2.41. The topological polar surface area (TPSA) is 54.7 Å². The first-order chi connectivity index (χ1) is 7.98. The Morgan fingerprint density at radius 2 is 2.06 bits per heavy atom. The van der Waals surface area contributed by atoms with Gasteiger partial charge in [0, 0.05) is 18.3 Å². The van der Waals surface area contributed by atoms with Gasteiger partial charge in [0.25, 0.3) is 0 Å². The Balaban J connectivity index is 2.36. The zero-order valence-electron chi connectivity index (χ0n) is 8.75.